The van der Waals surface area contributed by atoms with E-state index in [1.165, 1.54) is 0 Å². The zero-order chi connectivity index (χ0) is 15.5. The minimum atomic E-state index is -0.952. The largest absolute Gasteiger partial charge is 0.481 e. The molecule has 0 saturated carbocycles. The Morgan fingerprint density at radius 2 is 1.95 bits per heavy atom. The SMILES string of the molecule is C[C@@H](CC(=O)O)NC(=O)[C@H]1CCCN1C(=O)C(C)(C)C. The summed E-state index contributed by atoms with van der Waals surface area (Å²) in [5, 5.41) is 11.4. The van der Waals surface area contributed by atoms with Crippen LogP contribution < -0.4 is 5.32 Å². The first kappa shape index (κ1) is 16.5. The average Bonchev–Trinajstić information content (AvgIpc) is 2.73. The van der Waals surface area contributed by atoms with Gasteiger partial charge in [0.1, 0.15) is 6.04 Å². The molecule has 1 aliphatic rings. The fourth-order valence-corrected chi connectivity index (χ4v) is 2.37. The second kappa shape index (κ2) is 6.24. The summed E-state index contributed by atoms with van der Waals surface area (Å²) >= 11 is 0. The maximum Gasteiger partial charge on any atom is 0.305 e. The Hall–Kier alpha value is -1.59. The minimum absolute atomic E-state index is 0.0407. The highest BCUT2D eigenvalue weighted by molar-refractivity contribution is 5.90. The van der Waals surface area contributed by atoms with Gasteiger partial charge in [0.25, 0.3) is 0 Å². The number of carboxylic acid groups (broad SMARTS) is 1. The van der Waals surface area contributed by atoms with E-state index in [4.69, 9.17) is 5.11 Å². The number of nitrogens with zero attached hydrogens (tertiary/aromatic N) is 1. The number of aliphatic carboxylic acids is 1. The molecule has 0 unspecified atom stereocenters. The number of likely N-dealkylation sites (tertiary alicyclic amines) is 1. The summed E-state index contributed by atoms with van der Waals surface area (Å²) in [4.78, 5) is 36.7. The lowest BCUT2D eigenvalue weighted by Gasteiger charge is -2.30. The molecule has 0 radical (unpaired) electrons. The second-order valence-corrected chi connectivity index (χ2v) is 6.41. The molecule has 0 aromatic rings. The van der Waals surface area contributed by atoms with Crippen molar-refractivity contribution in [3.05, 3.63) is 0 Å². The van der Waals surface area contributed by atoms with Gasteiger partial charge in [-0.3, -0.25) is 14.4 Å². The van der Waals surface area contributed by atoms with Crippen LogP contribution in [-0.2, 0) is 14.4 Å². The number of nitrogens with one attached hydrogen (secondary N) is 1. The Morgan fingerprint density at radius 3 is 2.45 bits per heavy atom. The van der Waals surface area contributed by atoms with Crippen LogP contribution in [0, 0.1) is 5.41 Å². The van der Waals surface area contributed by atoms with Crippen molar-refractivity contribution in [2.24, 2.45) is 5.41 Å². The van der Waals surface area contributed by atoms with E-state index < -0.39 is 23.5 Å². The van der Waals surface area contributed by atoms with Crippen molar-refractivity contribution >= 4 is 17.8 Å². The molecule has 0 spiro atoms. The molecule has 1 rings (SSSR count). The molecule has 114 valence electrons. The molecular formula is C14H24N2O4. The maximum absolute atomic E-state index is 12.3. The lowest BCUT2D eigenvalue weighted by molar-refractivity contribution is -0.145. The number of hydrogen-bond donors (Lipinski definition) is 2. The van der Waals surface area contributed by atoms with E-state index in [0.29, 0.717) is 13.0 Å². The monoisotopic (exact) mass is 284 g/mol. The van der Waals surface area contributed by atoms with Crippen LogP contribution in [0.5, 0.6) is 0 Å². The summed E-state index contributed by atoms with van der Waals surface area (Å²) in [6.07, 6.45) is 1.31. The predicted molar refractivity (Wildman–Crippen MR) is 74.0 cm³/mol. The van der Waals surface area contributed by atoms with Crippen LogP contribution in [0.25, 0.3) is 0 Å². The summed E-state index contributed by atoms with van der Waals surface area (Å²) in [5.74, 6) is -1.25. The van der Waals surface area contributed by atoms with Gasteiger partial charge in [-0.05, 0) is 19.8 Å². The third kappa shape index (κ3) is 4.21. The zero-order valence-electron chi connectivity index (χ0n) is 12.6. The van der Waals surface area contributed by atoms with Gasteiger partial charge in [-0.1, -0.05) is 20.8 Å². The molecule has 20 heavy (non-hydrogen) atoms. The van der Waals surface area contributed by atoms with E-state index in [2.05, 4.69) is 5.32 Å². The van der Waals surface area contributed by atoms with Crippen LogP contribution >= 0.6 is 0 Å². The lowest BCUT2D eigenvalue weighted by atomic mass is 9.94. The molecule has 0 bridgehead atoms. The zero-order valence-corrected chi connectivity index (χ0v) is 12.6. The Kier molecular flexibility index (Phi) is 5.14. The number of hydrogen-bond acceptors (Lipinski definition) is 3. The quantitative estimate of drug-likeness (QED) is 0.806. The Bertz CT molecular complexity index is 400. The van der Waals surface area contributed by atoms with E-state index in [-0.39, 0.29) is 18.2 Å². The molecule has 2 amide bonds. The molecule has 6 nitrogen and oxygen atoms in total. The van der Waals surface area contributed by atoms with Gasteiger partial charge >= 0.3 is 5.97 Å². The van der Waals surface area contributed by atoms with Gasteiger partial charge in [0.2, 0.25) is 11.8 Å². The second-order valence-electron chi connectivity index (χ2n) is 6.41. The predicted octanol–water partition coefficient (Wildman–Crippen LogP) is 1.00. The summed E-state index contributed by atoms with van der Waals surface area (Å²) in [5.41, 5.74) is -0.518. The first-order valence-electron chi connectivity index (χ1n) is 6.96. The van der Waals surface area contributed by atoms with Crippen LogP contribution in [0.2, 0.25) is 0 Å². The van der Waals surface area contributed by atoms with Gasteiger partial charge in [0.05, 0.1) is 6.42 Å². The summed E-state index contributed by atoms with van der Waals surface area (Å²) in [7, 11) is 0. The van der Waals surface area contributed by atoms with Crippen LogP contribution in [0.15, 0.2) is 0 Å². The molecule has 1 fully saturated rings. The van der Waals surface area contributed by atoms with Gasteiger partial charge in [-0.2, -0.15) is 0 Å². The molecular weight excluding hydrogens is 260 g/mol. The maximum atomic E-state index is 12.3. The molecule has 2 atom stereocenters. The van der Waals surface area contributed by atoms with Gasteiger partial charge in [0, 0.05) is 18.0 Å². The van der Waals surface area contributed by atoms with E-state index in [1.807, 2.05) is 20.8 Å². The molecule has 1 saturated heterocycles. The number of carbonyl (C=O) groups is 3. The highest BCUT2D eigenvalue weighted by Crippen LogP contribution is 2.25. The van der Waals surface area contributed by atoms with E-state index in [1.54, 1.807) is 11.8 Å². The highest BCUT2D eigenvalue weighted by Gasteiger charge is 2.38. The third-order valence-electron chi connectivity index (χ3n) is 3.33. The van der Waals surface area contributed by atoms with Crippen molar-refractivity contribution in [2.45, 2.75) is 59.0 Å². The minimum Gasteiger partial charge on any atom is -0.481 e. The van der Waals surface area contributed by atoms with Crippen molar-refractivity contribution in [1.82, 2.24) is 10.2 Å². The highest BCUT2D eigenvalue weighted by atomic mass is 16.4. The first-order chi connectivity index (χ1) is 9.12. The first-order valence-corrected chi connectivity index (χ1v) is 6.96. The van der Waals surface area contributed by atoms with E-state index >= 15 is 0 Å². The molecule has 6 heteroatoms. The van der Waals surface area contributed by atoms with Crippen molar-refractivity contribution in [2.75, 3.05) is 6.54 Å². The summed E-state index contributed by atoms with van der Waals surface area (Å²) in [6.45, 7) is 7.72. The molecule has 1 aliphatic heterocycles. The Morgan fingerprint density at radius 1 is 1.35 bits per heavy atom. The number of rotatable bonds is 4. The van der Waals surface area contributed by atoms with Crippen LogP contribution in [-0.4, -0.2) is 46.4 Å². The number of amides is 2. The van der Waals surface area contributed by atoms with Crippen molar-refractivity contribution < 1.29 is 19.5 Å². The fourth-order valence-electron chi connectivity index (χ4n) is 2.37. The van der Waals surface area contributed by atoms with Gasteiger partial charge in [-0.25, -0.2) is 0 Å². The van der Waals surface area contributed by atoms with Crippen molar-refractivity contribution in [3.63, 3.8) is 0 Å². The van der Waals surface area contributed by atoms with Crippen molar-refractivity contribution in [3.8, 4) is 0 Å². The molecule has 0 aromatic heterocycles. The van der Waals surface area contributed by atoms with E-state index in [9.17, 15) is 14.4 Å². The molecule has 2 N–H and O–H groups in total. The van der Waals surface area contributed by atoms with Crippen molar-refractivity contribution in [1.29, 1.82) is 0 Å². The normalized spacial score (nSPS) is 20.6. The average molecular weight is 284 g/mol. The number of carbonyl (C=O) groups excluding carboxylic acids is 2. The standard InChI is InChI=1S/C14H24N2O4/c1-9(8-11(17)18)15-12(19)10-6-5-7-16(10)13(20)14(2,3)4/h9-10H,5-8H2,1-4H3,(H,15,19)(H,17,18)/t9-,10+/m0/s1. The lowest BCUT2D eigenvalue weighted by Crippen LogP contribution is -2.51. The summed E-state index contributed by atoms with van der Waals surface area (Å²) in [6, 6.07) is -0.912. The smallest absolute Gasteiger partial charge is 0.305 e. The fraction of sp³-hybridized carbons (Fsp3) is 0.786. The van der Waals surface area contributed by atoms with Crippen LogP contribution in [0.4, 0.5) is 0 Å². The topological polar surface area (TPSA) is 86.7 Å². The van der Waals surface area contributed by atoms with Gasteiger partial charge < -0.3 is 15.3 Å². The van der Waals surface area contributed by atoms with Gasteiger partial charge in [0.15, 0.2) is 0 Å². The Labute approximate surface area is 119 Å². The molecule has 0 aromatic carbocycles. The third-order valence-corrected chi connectivity index (χ3v) is 3.33. The molecule has 1 heterocycles. The molecule has 0 aliphatic carbocycles. The van der Waals surface area contributed by atoms with Crippen LogP contribution in [0.3, 0.4) is 0 Å². The summed E-state index contributed by atoms with van der Waals surface area (Å²) < 4.78 is 0. The Balaban J connectivity index is 2.67. The van der Waals surface area contributed by atoms with Crippen LogP contribution in [0.1, 0.15) is 47.0 Å². The van der Waals surface area contributed by atoms with Gasteiger partial charge in [-0.15, -0.1) is 0 Å². The number of carboxylic acids is 1. The van der Waals surface area contributed by atoms with E-state index in [0.717, 1.165) is 6.42 Å².